The van der Waals surface area contributed by atoms with Crippen LogP contribution in [0.4, 0.5) is 4.79 Å². The van der Waals surface area contributed by atoms with Crippen LogP contribution in [0, 0.1) is 5.92 Å². The molecule has 1 aromatic rings. The number of carbonyl (C=O) groups is 3. The molecule has 0 unspecified atom stereocenters. The van der Waals surface area contributed by atoms with E-state index >= 15 is 0 Å². The van der Waals surface area contributed by atoms with Crippen molar-refractivity contribution < 1.29 is 23.9 Å². The van der Waals surface area contributed by atoms with Crippen molar-refractivity contribution in [2.75, 3.05) is 40.9 Å². The van der Waals surface area contributed by atoms with Gasteiger partial charge in [-0.15, -0.1) is 0 Å². The molecule has 2 fully saturated rings. The van der Waals surface area contributed by atoms with Gasteiger partial charge in [0, 0.05) is 45.7 Å². The molecule has 0 aromatic heterocycles. The van der Waals surface area contributed by atoms with Crippen molar-refractivity contribution in [1.29, 1.82) is 0 Å². The van der Waals surface area contributed by atoms with E-state index < -0.39 is 12.1 Å². The van der Waals surface area contributed by atoms with Gasteiger partial charge in [-0.2, -0.15) is 0 Å². The Balaban J connectivity index is 1.90. The molecule has 10 heteroatoms. The van der Waals surface area contributed by atoms with Crippen LogP contribution in [-0.2, 0) is 16.1 Å². The summed E-state index contributed by atoms with van der Waals surface area (Å²) in [4.78, 5) is 43.2. The molecule has 2 N–H and O–H groups in total. The second-order valence-corrected chi connectivity index (χ2v) is 9.99. The first-order chi connectivity index (χ1) is 17.2. The van der Waals surface area contributed by atoms with E-state index in [-0.39, 0.29) is 36.7 Å². The highest BCUT2D eigenvalue weighted by Gasteiger charge is 2.44. The summed E-state index contributed by atoms with van der Waals surface area (Å²) in [5, 5.41) is 4.60. The maximum absolute atomic E-state index is 13.8. The number of urea groups is 1. The number of hydrogen-bond donors (Lipinski definition) is 2. The fourth-order valence-electron chi connectivity index (χ4n) is 4.98. The molecule has 2 heterocycles. The Morgan fingerprint density at radius 1 is 1.06 bits per heavy atom. The highest BCUT2D eigenvalue weighted by molar-refractivity contribution is 5.89. The Bertz CT molecular complexity index is 896. The summed E-state index contributed by atoms with van der Waals surface area (Å²) in [6.45, 7) is 6.22. The standard InChI is InChI=1S/C26H41N5O5/c1-18(2)11-23-25(33)29(16-19-12-21(35-4)15-22(13-19)36-5)17-20(14-24(32)27-3)31(23)26(34)28-30-9-7-6-8-10-30/h12-13,15,18,20,23H,6-11,14,16-17H2,1-5H3,(H,27,32)(H,28,34)/t20-,23+/m1/s1. The third-order valence-electron chi connectivity index (χ3n) is 6.78. The van der Waals surface area contributed by atoms with Crippen LogP contribution >= 0.6 is 0 Å². The van der Waals surface area contributed by atoms with Gasteiger partial charge in [-0.25, -0.2) is 9.80 Å². The zero-order valence-corrected chi connectivity index (χ0v) is 22.2. The lowest BCUT2D eigenvalue weighted by atomic mass is 9.94. The normalized spacial score (nSPS) is 20.9. The highest BCUT2D eigenvalue weighted by Crippen LogP contribution is 2.28. The van der Waals surface area contributed by atoms with Crippen LogP contribution in [0.1, 0.15) is 51.5 Å². The van der Waals surface area contributed by atoms with E-state index in [9.17, 15) is 14.4 Å². The predicted octanol–water partition coefficient (Wildman–Crippen LogP) is 2.38. The molecule has 10 nitrogen and oxygen atoms in total. The Labute approximate surface area is 214 Å². The Kier molecular flexibility index (Phi) is 9.81. The van der Waals surface area contributed by atoms with Crippen LogP contribution in [0.2, 0.25) is 0 Å². The molecule has 200 valence electrons. The number of hydrazine groups is 1. The summed E-state index contributed by atoms with van der Waals surface area (Å²) >= 11 is 0. The van der Waals surface area contributed by atoms with Crippen molar-refractivity contribution >= 4 is 17.8 Å². The summed E-state index contributed by atoms with van der Waals surface area (Å²) in [7, 11) is 4.75. The van der Waals surface area contributed by atoms with Crippen molar-refractivity contribution in [2.45, 2.75) is 64.6 Å². The average molecular weight is 504 g/mol. The van der Waals surface area contributed by atoms with Gasteiger partial charge in [0.25, 0.3) is 0 Å². The molecule has 2 aliphatic heterocycles. The number of methoxy groups -OCH3 is 2. The van der Waals surface area contributed by atoms with Gasteiger partial charge in [0.1, 0.15) is 17.5 Å². The van der Waals surface area contributed by atoms with E-state index in [0.717, 1.165) is 37.9 Å². The molecule has 2 atom stereocenters. The first-order valence-corrected chi connectivity index (χ1v) is 12.8. The maximum atomic E-state index is 13.8. The SMILES string of the molecule is CNC(=O)C[C@@H]1CN(Cc2cc(OC)cc(OC)c2)C(=O)[C@H](CC(C)C)N1C(=O)NN1CCCCC1. The number of piperazine rings is 1. The Hall–Kier alpha value is -3.01. The van der Waals surface area contributed by atoms with Crippen LogP contribution in [0.5, 0.6) is 11.5 Å². The number of nitrogens with zero attached hydrogens (tertiary/aromatic N) is 3. The first-order valence-electron chi connectivity index (χ1n) is 12.8. The van der Waals surface area contributed by atoms with Crippen LogP contribution in [0.15, 0.2) is 18.2 Å². The number of rotatable bonds is 9. The molecule has 2 aliphatic rings. The quantitative estimate of drug-likeness (QED) is 0.536. The Morgan fingerprint density at radius 3 is 2.25 bits per heavy atom. The third-order valence-corrected chi connectivity index (χ3v) is 6.78. The molecule has 0 saturated carbocycles. The number of amides is 4. The molecular weight excluding hydrogens is 462 g/mol. The molecule has 0 bridgehead atoms. The predicted molar refractivity (Wildman–Crippen MR) is 136 cm³/mol. The Morgan fingerprint density at radius 2 is 1.69 bits per heavy atom. The molecule has 3 rings (SSSR count). The largest absolute Gasteiger partial charge is 0.497 e. The number of nitrogens with one attached hydrogen (secondary N) is 2. The van der Waals surface area contributed by atoms with E-state index in [1.54, 1.807) is 37.1 Å². The van der Waals surface area contributed by atoms with Gasteiger partial charge in [-0.3, -0.25) is 15.0 Å². The average Bonchev–Trinajstić information content (AvgIpc) is 2.86. The lowest BCUT2D eigenvalue weighted by molar-refractivity contribution is -0.146. The smallest absolute Gasteiger partial charge is 0.332 e. The van der Waals surface area contributed by atoms with Crippen molar-refractivity contribution in [3.63, 3.8) is 0 Å². The molecule has 1 aromatic carbocycles. The van der Waals surface area contributed by atoms with Crippen molar-refractivity contribution in [1.82, 2.24) is 25.6 Å². The van der Waals surface area contributed by atoms with Crippen molar-refractivity contribution in [2.24, 2.45) is 5.92 Å². The second kappa shape index (κ2) is 12.8. The summed E-state index contributed by atoms with van der Waals surface area (Å²) < 4.78 is 10.8. The summed E-state index contributed by atoms with van der Waals surface area (Å²) in [6.07, 6.45) is 3.81. The molecule has 36 heavy (non-hydrogen) atoms. The lowest BCUT2D eigenvalue weighted by Crippen LogP contribution is -2.67. The molecule has 2 saturated heterocycles. The third kappa shape index (κ3) is 7.02. The van der Waals surface area contributed by atoms with E-state index in [4.69, 9.17) is 9.47 Å². The maximum Gasteiger partial charge on any atom is 0.332 e. The van der Waals surface area contributed by atoms with Gasteiger partial charge in [0.2, 0.25) is 11.8 Å². The molecule has 0 aliphatic carbocycles. The molecule has 0 spiro atoms. The monoisotopic (exact) mass is 503 g/mol. The van der Waals surface area contributed by atoms with E-state index in [1.165, 1.54) is 0 Å². The molecular formula is C26H41N5O5. The van der Waals surface area contributed by atoms with Gasteiger partial charge in [-0.1, -0.05) is 20.3 Å². The fraction of sp³-hybridized carbons (Fsp3) is 0.654. The summed E-state index contributed by atoms with van der Waals surface area (Å²) in [6, 6.07) is 4.10. The number of piperidine rings is 1. The van der Waals surface area contributed by atoms with Crippen LogP contribution in [0.25, 0.3) is 0 Å². The van der Waals surface area contributed by atoms with Gasteiger partial charge < -0.3 is 24.6 Å². The van der Waals surface area contributed by atoms with Gasteiger partial charge in [0.15, 0.2) is 0 Å². The van der Waals surface area contributed by atoms with Crippen LogP contribution in [0.3, 0.4) is 0 Å². The minimum atomic E-state index is -0.661. The minimum Gasteiger partial charge on any atom is -0.497 e. The van der Waals surface area contributed by atoms with Crippen molar-refractivity contribution in [3.05, 3.63) is 23.8 Å². The number of hydrogen-bond acceptors (Lipinski definition) is 6. The van der Waals surface area contributed by atoms with Gasteiger partial charge >= 0.3 is 6.03 Å². The number of benzene rings is 1. The topological polar surface area (TPSA) is 103 Å². The van der Waals surface area contributed by atoms with E-state index in [0.29, 0.717) is 24.5 Å². The van der Waals surface area contributed by atoms with E-state index in [2.05, 4.69) is 10.7 Å². The molecule has 4 amide bonds. The highest BCUT2D eigenvalue weighted by atomic mass is 16.5. The lowest BCUT2D eigenvalue weighted by Gasteiger charge is -2.47. The van der Waals surface area contributed by atoms with Gasteiger partial charge in [-0.05, 0) is 42.9 Å². The van der Waals surface area contributed by atoms with Gasteiger partial charge in [0.05, 0.1) is 20.3 Å². The van der Waals surface area contributed by atoms with Crippen LogP contribution in [-0.4, -0.2) is 85.6 Å². The summed E-state index contributed by atoms with van der Waals surface area (Å²) in [5.74, 6) is 1.17. The number of ether oxygens (including phenoxy) is 2. The van der Waals surface area contributed by atoms with Crippen LogP contribution < -0.4 is 20.2 Å². The molecule has 0 radical (unpaired) electrons. The van der Waals surface area contributed by atoms with E-state index in [1.807, 2.05) is 31.0 Å². The zero-order chi connectivity index (χ0) is 26.2. The van der Waals surface area contributed by atoms with Crippen molar-refractivity contribution in [3.8, 4) is 11.5 Å². The number of carbonyl (C=O) groups excluding carboxylic acids is 3. The minimum absolute atomic E-state index is 0.115. The summed E-state index contributed by atoms with van der Waals surface area (Å²) in [5.41, 5.74) is 3.87. The fourth-order valence-corrected chi connectivity index (χ4v) is 4.98. The zero-order valence-electron chi connectivity index (χ0n) is 22.2. The first kappa shape index (κ1) is 27.6. The second-order valence-electron chi connectivity index (χ2n) is 9.99.